The first kappa shape index (κ1) is 24.5. The summed E-state index contributed by atoms with van der Waals surface area (Å²) in [4.78, 5) is 23.5. The van der Waals surface area contributed by atoms with Gasteiger partial charge in [-0.1, -0.05) is 18.2 Å². The van der Waals surface area contributed by atoms with E-state index in [1.807, 2.05) is 36.4 Å². The van der Waals surface area contributed by atoms with Crippen LogP contribution in [-0.4, -0.2) is 31.2 Å². The summed E-state index contributed by atoms with van der Waals surface area (Å²) < 4.78 is 1.66. The van der Waals surface area contributed by atoms with Crippen LogP contribution < -0.4 is 16.1 Å². The summed E-state index contributed by atoms with van der Waals surface area (Å²) in [5, 5.41) is 31.4. The number of hydrogen-bond donors (Lipinski definition) is 4. The summed E-state index contributed by atoms with van der Waals surface area (Å²) in [6.07, 6.45) is 1.47. The molecule has 0 aliphatic heterocycles. The number of nitro groups is 1. The molecule has 0 aliphatic carbocycles. The molecule has 35 heavy (non-hydrogen) atoms. The summed E-state index contributed by atoms with van der Waals surface area (Å²) in [5.74, 6) is 0.703. The molecular formula is C22H16I2N8O3. The molecule has 0 aliphatic rings. The van der Waals surface area contributed by atoms with Crippen molar-refractivity contribution in [1.29, 1.82) is 0 Å². The number of aromatic nitrogens is 3. The molecule has 4 rings (SSSR count). The molecule has 0 saturated carbocycles. The molecule has 1 aromatic heterocycles. The Morgan fingerprint density at radius 3 is 2.11 bits per heavy atom. The highest BCUT2D eigenvalue weighted by Gasteiger charge is 2.10. The van der Waals surface area contributed by atoms with Gasteiger partial charge in [-0.25, -0.2) is 5.43 Å². The van der Waals surface area contributed by atoms with E-state index in [1.54, 1.807) is 18.2 Å². The Kier molecular flexibility index (Phi) is 7.86. The van der Waals surface area contributed by atoms with Crippen LogP contribution in [0.1, 0.15) is 5.56 Å². The minimum Gasteiger partial charge on any atom is -0.506 e. The summed E-state index contributed by atoms with van der Waals surface area (Å²) in [6.45, 7) is 0. The highest BCUT2D eigenvalue weighted by Crippen LogP contribution is 2.26. The summed E-state index contributed by atoms with van der Waals surface area (Å²) in [5.41, 5.74) is 4.60. The number of rotatable bonds is 8. The van der Waals surface area contributed by atoms with E-state index in [9.17, 15) is 15.2 Å². The molecule has 0 saturated heterocycles. The zero-order valence-electron chi connectivity index (χ0n) is 17.7. The third kappa shape index (κ3) is 6.72. The van der Waals surface area contributed by atoms with Crippen molar-refractivity contribution in [2.45, 2.75) is 0 Å². The fourth-order valence-corrected chi connectivity index (χ4v) is 4.72. The van der Waals surface area contributed by atoms with E-state index in [4.69, 9.17) is 0 Å². The Hall–Kier alpha value is -3.60. The van der Waals surface area contributed by atoms with Crippen molar-refractivity contribution < 1.29 is 10.0 Å². The average molecular weight is 694 g/mol. The molecule has 0 atom stereocenters. The molecule has 0 bridgehead atoms. The standard InChI is InChI=1S/C22H16I2N8O3/c23-14-10-13(19(33)18(24)11-14)12-25-31-22-29-20(26-15-4-2-1-3-5-15)28-21(30-22)27-16-6-8-17(9-7-16)32(34)35/h1-12,33H,(H3,26,27,28,29,30,31). The first-order valence-electron chi connectivity index (χ1n) is 9.94. The normalized spacial score (nSPS) is 10.8. The van der Waals surface area contributed by atoms with Crippen molar-refractivity contribution in [3.63, 3.8) is 0 Å². The van der Waals surface area contributed by atoms with Gasteiger partial charge in [0.2, 0.25) is 17.8 Å². The van der Waals surface area contributed by atoms with Gasteiger partial charge in [-0.2, -0.15) is 20.1 Å². The lowest BCUT2D eigenvalue weighted by Gasteiger charge is -2.10. The predicted octanol–water partition coefficient (Wildman–Crippen LogP) is 5.63. The Labute approximate surface area is 226 Å². The van der Waals surface area contributed by atoms with E-state index in [1.165, 1.54) is 18.3 Å². The number of phenols is 1. The van der Waals surface area contributed by atoms with Crippen LogP contribution in [0.4, 0.5) is 34.9 Å². The Bertz CT molecular complexity index is 1390. The highest BCUT2D eigenvalue weighted by atomic mass is 127. The van der Waals surface area contributed by atoms with E-state index >= 15 is 0 Å². The smallest absolute Gasteiger partial charge is 0.269 e. The lowest BCUT2D eigenvalue weighted by Crippen LogP contribution is -2.07. The lowest BCUT2D eigenvalue weighted by atomic mass is 10.2. The molecule has 0 spiro atoms. The van der Waals surface area contributed by atoms with Gasteiger partial charge in [-0.05, 0) is 81.6 Å². The second-order valence-electron chi connectivity index (χ2n) is 6.92. The van der Waals surface area contributed by atoms with Gasteiger partial charge in [0.15, 0.2) is 0 Å². The summed E-state index contributed by atoms with van der Waals surface area (Å²) in [7, 11) is 0. The third-order valence-electron chi connectivity index (χ3n) is 4.43. The summed E-state index contributed by atoms with van der Waals surface area (Å²) in [6, 6.07) is 18.9. The van der Waals surface area contributed by atoms with Gasteiger partial charge >= 0.3 is 0 Å². The fraction of sp³-hybridized carbons (Fsp3) is 0. The van der Waals surface area contributed by atoms with Crippen molar-refractivity contribution in [1.82, 2.24) is 15.0 Å². The number of aromatic hydroxyl groups is 1. The lowest BCUT2D eigenvalue weighted by molar-refractivity contribution is -0.384. The van der Waals surface area contributed by atoms with Gasteiger partial charge in [0.05, 0.1) is 14.7 Å². The number of nitrogens with one attached hydrogen (secondary N) is 3. The molecule has 4 N–H and O–H groups in total. The maximum absolute atomic E-state index is 10.9. The summed E-state index contributed by atoms with van der Waals surface area (Å²) >= 11 is 4.21. The van der Waals surface area contributed by atoms with Crippen LogP contribution in [0.2, 0.25) is 0 Å². The number of nitro benzene ring substituents is 1. The quantitative estimate of drug-likeness (QED) is 0.0797. The molecular weight excluding hydrogens is 678 g/mol. The Balaban J connectivity index is 1.60. The molecule has 0 amide bonds. The molecule has 0 unspecified atom stereocenters. The van der Waals surface area contributed by atoms with Crippen molar-refractivity contribution in [2.75, 3.05) is 16.1 Å². The first-order valence-corrected chi connectivity index (χ1v) is 12.1. The van der Waals surface area contributed by atoms with Crippen molar-refractivity contribution in [3.8, 4) is 5.75 Å². The van der Waals surface area contributed by atoms with Crippen molar-refractivity contribution >= 4 is 86.3 Å². The molecule has 11 nitrogen and oxygen atoms in total. The van der Waals surface area contributed by atoms with Gasteiger partial charge in [0.25, 0.3) is 5.69 Å². The van der Waals surface area contributed by atoms with Crippen LogP contribution in [0.25, 0.3) is 0 Å². The third-order valence-corrected chi connectivity index (χ3v) is 5.87. The maximum atomic E-state index is 10.9. The zero-order chi connectivity index (χ0) is 24.8. The largest absolute Gasteiger partial charge is 0.506 e. The van der Waals surface area contributed by atoms with E-state index < -0.39 is 4.92 Å². The minimum absolute atomic E-state index is 0.0252. The van der Waals surface area contributed by atoms with Crippen LogP contribution in [0, 0.1) is 17.3 Å². The fourth-order valence-electron chi connectivity index (χ4n) is 2.83. The van der Waals surface area contributed by atoms with E-state index in [2.05, 4.69) is 81.3 Å². The second kappa shape index (κ2) is 11.2. The van der Waals surface area contributed by atoms with Gasteiger partial charge in [-0.3, -0.25) is 10.1 Å². The highest BCUT2D eigenvalue weighted by molar-refractivity contribution is 14.1. The number of benzene rings is 3. The minimum atomic E-state index is -0.471. The molecule has 1 heterocycles. The van der Waals surface area contributed by atoms with E-state index in [0.29, 0.717) is 14.8 Å². The maximum Gasteiger partial charge on any atom is 0.269 e. The van der Waals surface area contributed by atoms with Gasteiger partial charge in [0.1, 0.15) is 5.75 Å². The Morgan fingerprint density at radius 1 is 0.886 bits per heavy atom. The number of hydrazone groups is 1. The molecule has 4 aromatic rings. The second-order valence-corrected chi connectivity index (χ2v) is 9.33. The number of nitrogens with zero attached hydrogens (tertiary/aromatic N) is 5. The van der Waals surface area contributed by atoms with Gasteiger partial charge in [0, 0.05) is 32.6 Å². The van der Waals surface area contributed by atoms with Gasteiger partial charge in [-0.15, -0.1) is 0 Å². The van der Waals surface area contributed by atoms with Crippen molar-refractivity contribution in [2.24, 2.45) is 5.10 Å². The van der Waals surface area contributed by atoms with Crippen LogP contribution in [0.15, 0.2) is 71.8 Å². The van der Waals surface area contributed by atoms with Crippen LogP contribution in [-0.2, 0) is 0 Å². The van der Waals surface area contributed by atoms with Crippen molar-refractivity contribution in [3.05, 3.63) is 89.5 Å². The molecule has 176 valence electrons. The average Bonchev–Trinajstić information content (AvgIpc) is 2.83. The molecule has 3 aromatic carbocycles. The SMILES string of the molecule is O=[N+]([O-])c1ccc(Nc2nc(NN=Cc3cc(I)cc(I)c3O)nc(Nc3ccccc3)n2)cc1. The number of hydrogen-bond acceptors (Lipinski definition) is 10. The van der Waals surface area contributed by atoms with Crippen LogP contribution in [0.3, 0.4) is 0 Å². The Morgan fingerprint density at radius 2 is 1.49 bits per heavy atom. The monoisotopic (exact) mass is 694 g/mol. The van der Waals surface area contributed by atoms with Gasteiger partial charge < -0.3 is 15.7 Å². The first-order chi connectivity index (χ1) is 16.9. The molecule has 13 heteroatoms. The van der Waals surface area contributed by atoms with E-state index in [0.717, 1.165) is 9.26 Å². The molecule has 0 fully saturated rings. The van der Waals surface area contributed by atoms with E-state index in [-0.39, 0.29) is 29.3 Å². The number of non-ortho nitro benzene ring substituents is 1. The van der Waals surface area contributed by atoms with Crippen LogP contribution >= 0.6 is 45.2 Å². The van der Waals surface area contributed by atoms with Crippen LogP contribution in [0.5, 0.6) is 5.75 Å². The number of anilines is 5. The zero-order valence-corrected chi connectivity index (χ0v) is 22.0. The molecule has 0 radical (unpaired) electrons. The predicted molar refractivity (Wildman–Crippen MR) is 151 cm³/mol. The number of halogens is 2. The number of para-hydroxylation sites is 1. The topological polar surface area (TPSA) is 150 Å². The number of phenolic OH excluding ortho intramolecular Hbond substituents is 1.